The number of amides is 2. The van der Waals surface area contributed by atoms with E-state index in [4.69, 9.17) is 0 Å². The van der Waals surface area contributed by atoms with E-state index >= 15 is 0 Å². The summed E-state index contributed by atoms with van der Waals surface area (Å²) in [7, 11) is 3.54. The molecular formula is C19H29N3O2. The molecule has 1 aromatic carbocycles. The largest absolute Gasteiger partial charge is 0.353 e. The third-order valence-electron chi connectivity index (χ3n) is 4.55. The van der Waals surface area contributed by atoms with Gasteiger partial charge in [0.2, 0.25) is 11.8 Å². The molecule has 1 aliphatic rings. The number of aryl methyl sites for hydroxylation is 1. The fraction of sp³-hybridized carbons (Fsp3) is 0.579. The first-order chi connectivity index (χ1) is 11.5. The summed E-state index contributed by atoms with van der Waals surface area (Å²) in [6.07, 6.45) is 3.68. The average Bonchev–Trinajstić information content (AvgIpc) is 3.00. The van der Waals surface area contributed by atoms with Gasteiger partial charge < -0.3 is 10.2 Å². The van der Waals surface area contributed by atoms with Gasteiger partial charge in [0.25, 0.3) is 0 Å². The van der Waals surface area contributed by atoms with Crippen molar-refractivity contribution in [2.24, 2.45) is 0 Å². The molecule has 2 atom stereocenters. The molecule has 0 saturated carbocycles. The van der Waals surface area contributed by atoms with Crippen molar-refractivity contribution in [3.05, 3.63) is 35.9 Å². The molecule has 5 nitrogen and oxygen atoms in total. The molecule has 132 valence electrons. The number of benzene rings is 1. The first-order valence-electron chi connectivity index (χ1n) is 8.76. The number of likely N-dealkylation sites (N-methyl/N-ethyl adjacent to an activating group) is 1. The maximum absolute atomic E-state index is 12.3. The van der Waals surface area contributed by atoms with Crippen LogP contribution >= 0.6 is 0 Å². The monoisotopic (exact) mass is 331 g/mol. The minimum Gasteiger partial charge on any atom is -0.353 e. The molecule has 1 heterocycles. The molecule has 1 aromatic rings. The molecule has 5 heteroatoms. The van der Waals surface area contributed by atoms with Crippen molar-refractivity contribution in [3.63, 3.8) is 0 Å². The van der Waals surface area contributed by atoms with E-state index in [-0.39, 0.29) is 23.9 Å². The molecule has 1 aliphatic heterocycles. The molecule has 1 N–H and O–H groups in total. The maximum atomic E-state index is 12.3. The number of hydrogen-bond donors (Lipinski definition) is 1. The van der Waals surface area contributed by atoms with Crippen molar-refractivity contribution >= 4 is 11.8 Å². The van der Waals surface area contributed by atoms with Crippen LogP contribution in [0.25, 0.3) is 0 Å². The first-order valence-corrected chi connectivity index (χ1v) is 8.76. The van der Waals surface area contributed by atoms with Gasteiger partial charge in [0.05, 0.1) is 12.6 Å². The van der Waals surface area contributed by atoms with Crippen LogP contribution in [0.5, 0.6) is 0 Å². The summed E-state index contributed by atoms with van der Waals surface area (Å²) in [6, 6.07) is 10.3. The second kappa shape index (κ2) is 8.83. The van der Waals surface area contributed by atoms with Crippen molar-refractivity contribution in [3.8, 4) is 0 Å². The van der Waals surface area contributed by atoms with Crippen molar-refractivity contribution < 1.29 is 9.59 Å². The minimum atomic E-state index is -0.148. The second-order valence-electron chi connectivity index (χ2n) is 6.85. The van der Waals surface area contributed by atoms with E-state index in [9.17, 15) is 9.59 Å². The highest BCUT2D eigenvalue weighted by atomic mass is 16.2. The van der Waals surface area contributed by atoms with Crippen LogP contribution in [0.3, 0.4) is 0 Å². The van der Waals surface area contributed by atoms with Crippen LogP contribution < -0.4 is 5.32 Å². The van der Waals surface area contributed by atoms with Gasteiger partial charge in [-0.15, -0.1) is 0 Å². The first kappa shape index (κ1) is 18.5. The summed E-state index contributed by atoms with van der Waals surface area (Å²) >= 11 is 0. The molecule has 0 spiro atoms. The van der Waals surface area contributed by atoms with Gasteiger partial charge >= 0.3 is 0 Å². The third-order valence-corrected chi connectivity index (χ3v) is 4.55. The van der Waals surface area contributed by atoms with Crippen molar-refractivity contribution in [2.45, 2.75) is 44.7 Å². The van der Waals surface area contributed by atoms with E-state index in [1.807, 2.05) is 30.0 Å². The van der Waals surface area contributed by atoms with Gasteiger partial charge in [0.1, 0.15) is 0 Å². The molecule has 0 bridgehead atoms. The normalized spacial score (nSPS) is 19.0. The maximum Gasteiger partial charge on any atom is 0.239 e. The zero-order valence-corrected chi connectivity index (χ0v) is 15.0. The lowest BCUT2D eigenvalue weighted by atomic mass is 10.1. The van der Waals surface area contributed by atoms with E-state index in [2.05, 4.69) is 17.4 Å². The van der Waals surface area contributed by atoms with Crippen LogP contribution in [0.1, 0.15) is 31.7 Å². The van der Waals surface area contributed by atoms with E-state index in [0.29, 0.717) is 6.54 Å². The van der Waals surface area contributed by atoms with Crippen LogP contribution in [0.2, 0.25) is 0 Å². The van der Waals surface area contributed by atoms with Crippen molar-refractivity contribution in [1.82, 2.24) is 15.1 Å². The summed E-state index contributed by atoms with van der Waals surface area (Å²) in [4.78, 5) is 28.1. The topological polar surface area (TPSA) is 52.7 Å². The number of hydrogen-bond acceptors (Lipinski definition) is 3. The lowest BCUT2D eigenvalue weighted by molar-refractivity contribution is -0.134. The standard InChI is InChI=1S/C19H29N3O2/c1-15(11-12-16-8-5-4-6-9-16)20-18(23)14-22-13-7-10-17(22)19(24)21(2)3/h4-6,8-9,15,17H,7,10-14H2,1-3H3,(H,20,23). The predicted molar refractivity (Wildman–Crippen MR) is 95.7 cm³/mol. The molecule has 2 amide bonds. The Morgan fingerprint density at radius 2 is 2.00 bits per heavy atom. The highest BCUT2D eigenvalue weighted by molar-refractivity contribution is 5.83. The molecule has 0 aromatic heterocycles. The molecule has 2 unspecified atom stereocenters. The Bertz CT molecular complexity index is 545. The summed E-state index contributed by atoms with van der Waals surface area (Å²) in [6.45, 7) is 3.16. The van der Waals surface area contributed by atoms with E-state index in [1.165, 1.54) is 5.56 Å². The van der Waals surface area contributed by atoms with Crippen molar-refractivity contribution in [1.29, 1.82) is 0 Å². The predicted octanol–water partition coefficient (Wildman–Crippen LogP) is 1.68. The van der Waals surface area contributed by atoms with Gasteiger partial charge in [-0.05, 0) is 44.7 Å². The smallest absolute Gasteiger partial charge is 0.239 e. The Kier molecular flexibility index (Phi) is 6.79. The van der Waals surface area contributed by atoms with E-state index in [0.717, 1.165) is 32.2 Å². The van der Waals surface area contributed by atoms with Gasteiger partial charge in [0, 0.05) is 20.1 Å². The number of rotatable bonds is 7. The summed E-state index contributed by atoms with van der Waals surface area (Å²) < 4.78 is 0. The minimum absolute atomic E-state index is 0.00835. The van der Waals surface area contributed by atoms with E-state index in [1.54, 1.807) is 19.0 Å². The molecule has 0 aliphatic carbocycles. The lowest BCUT2D eigenvalue weighted by Gasteiger charge is -2.26. The van der Waals surface area contributed by atoms with Gasteiger partial charge in [-0.25, -0.2) is 0 Å². The summed E-state index contributed by atoms with van der Waals surface area (Å²) in [5, 5.41) is 3.06. The Labute approximate surface area is 145 Å². The zero-order valence-electron chi connectivity index (χ0n) is 15.0. The number of nitrogens with one attached hydrogen (secondary N) is 1. The Morgan fingerprint density at radius 3 is 2.67 bits per heavy atom. The quantitative estimate of drug-likeness (QED) is 0.827. The molecule has 1 saturated heterocycles. The Morgan fingerprint density at radius 1 is 1.29 bits per heavy atom. The average molecular weight is 331 g/mol. The van der Waals surface area contributed by atoms with Crippen LogP contribution in [0.4, 0.5) is 0 Å². The fourth-order valence-corrected chi connectivity index (χ4v) is 3.20. The molecule has 1 fully saturated rings. The van der Waals surface area contributed by atoms with Gasteiger partial charge in [-0.2, -0.15) is 0 Å². The van der Waals surface area contributed by atoms with Crippen molar-refractivity contribution in [2.75, 3.05) is 27.2 Å². The fourth-order valence-electron chi connectivity index (χ4n) is 3.20. The van der Waals surface area contributed by atoms with Crippen LogP contribution in [-0.4, -0.2) is 60.9 Å². The second-order valence-corrected chi connectivity index (χ2v) is 6.85. The molecular weight excluding hydrogens is 302 g/mol. The van der Waals surface area contributed by atoms with Crippen LogP contribution in [0.15, 0.2) is 30.3 Å². The molecule has 0 radical (unpaired) electrons. The number of likely N-dealkylation sites (tertiary alicyclic amines) is 1. The number of nitrogens with zero attached hydrogens (tertiary/aromatic N) is 2. The van der Waals surface area contributed by atoms with Crippen LogP contribution in [-0.2, 0) is 16.0 Å². The SMILES string of the molecule is CC(CCc1ccccc1)NC(=O)CN1CCCC1C(=O)N(C)C. The molecule has 2 rings (SSSR count). The van der Waals surface area contributed by atoms with E-state index < -0.39 is 0 Å². The van der Waals surface area contributed by atoms with Crippen LogP contribution in [0, 0.1) is 0 Å². The molecule has 24 heavy (non-hydrogen) atoms. The Balaban J connectivity index is 1.76. The summed E-state index contributed by atoms with van der Waals surface area (Å²) in [5.74, 6) is 0.103. The Hall–Kier alpha value is -1.88. The lowest BCUT2D eigenvalue weighted by Crippen LogP contribution is -2.47. The zero-order chi connectivity index (χ0) is 17.5. The highest BCUT2D eigenvalue weighted by Gasteiger charge is 2.32. The summed E-state index contributed by atoms with van der Waals surface area (Å²) in [5.41, 5.74) is 1.29. The van der Waals surface area contributed by atoms with Gasteiger partial charge in [0.15, 0.2) is 0 Å². The highest BCUT2D eigenvalue weighted by Crippen LogP contribution is 2.18. The number of carbonyl (C=O) groups excluding carboxylic acids is 2. The van der Waals surface area contributed by atoms with Gasteiger partial charge in [-0.1, -0.05) is 30.3 Å². The van der Waals surface area contributed by atoms with Gasteiger partial charge in [-0.3, -0.25) is 14.5 Å². The third kappa shape index (κ3) is 5.34. The number of carbonyl (C=O) groups is 2.